The third-order valence-electron chi connectivity index (χ3n) is 8.10. The first-order chi connectivity index (χ1) is 25.2. The maximum Gasteiger partial charge on any atom is 0.373 e. The summed E-state index contributed by atoms with van der Waals surface area (Å²) in [6.45, 7) is 16.4. The van der Waals surface area contributed by atoms with Crippen LogP contribution in [0, 0.1) is 0 Å². The molecule has 1 N–H and O–H groups in total. The summed E-state index contributed by atoms with van der Waals surface area (Å²) in [6, 6.07) is 15.7. The van der Waals surface area contributed by atoms with Crippen molar-refractivity contribution in [3.8, 4) is 0 Å². The number of dihydropyridines is 1. The smallest absolute Gasteiger partial charge is 0.373 e. The van der Waals surface area contributed by atoms with E-state index in [2.05, 4.69) is 48.6 Å². The SMILES string of the molecule is C=CCCCCCC.CCCCCCCCC(F)(F)c1ccccc1.CCOC(=O)C1=C(C)NC(C)=C(CC)C1.FC(F)(Br)c1ccccc1.O=C=O. The van der Waals surface area contributed by atoms with Gasteiger partial charge in [-0.2, -0.15) is 18.4 Å². The fraction of sp³-hybridized carbons (Fsp3) is 0.535. The van der Waals surface area contributed by atoms with Crippen LogP contribution in [0.4, 0.5) is 17.6 Å². The van der Waals surface area contributed by atoms with Crippen LogP contribution in [0.1, 0.15) is 143 Å². The standard InChI is InChI=1S/C15H22F2.C12H19NO2.C8H16.C7H5BrF2.CO2/c1-2-3-4-5-6-10-13-15(16,17)14-11-8-7-9-12-14;1-5-10-7-11(12(14)15-6-2)9(4)13-8(10)3;1-3-5-7-8-6-4-2;8-7(9,10)6-4-2-1-3-5-6;2-1-3/h7-9,11-12H,2-6,10,13H2,1H3;13H,5-7H2,1-4H3;3H,1,4-8H2,2H3;1-5H;. The van der Waals surface area contributed by atoms with Crippen molar-refractivity contribution in [1.82, 2.24) is 5.32 Å². The first-order valence-electron chi connectivity index (χ1n) is 18.7. The number of ether oxygens (including phenoxy) is 1. The Morgan fingerprint density at radius 3 is 1.70 bits per heavy atom. The third kappa shape index (κ3) is 26.0. The minimum atomic E-state index is -2.89. The predicted octanol–water partition coefficient (Wildman–Crippen LogP) is 13.7. The van der Waals surface area contributed by atoms with E-state index in [1.54, 1.807) is 36.4 Å². The molecule has 1 heterocycles. The molecule has 10 heteroatoms. The fourth-order valence-electron chi connectivity index (χ4n) is 5.05. The minimum Gasteiger partial charge on any atom is -0.463 e. The van der Waals surface area contributed by atoms with E-state index < -0.39 is 10.8 Å². The molecule has 0 spiro atoms. The van der Waals surface area contributed by atoms with Gasteiger partial charge in [-0.3, -0.25) is 0 Å². The van der Waals surface area contributed by atoms with Crippen molar-refractivity contribution in [1.29, 1.82) is 0 Å². The summed E-state index contributed by atoms with van der Waals surface area (Å²) in [5, 5.41) is 3.23. The molecule has 0 saturated heterocycles. The van der Waals surface area contributed by atoms with Gasteiger partial charge in [0, 0.05) is 35.4 Å². The van der Waals surface area contributed by atoms with Crippen LogP contribution >= 0.6 is 15.9 Å². The van der Waals surface area contributed by atoms with Crippen molar-refractivity contribution in [3.63, 3.8) is 0 Å². The topological polar surface area (TPSA) is 72.5 Å². The lowest BCUT2D eigenvalue weighted by molar-refractivity contribution is -0.191. The lowest BCUT2D eigenvalue weighted by Crippen LogP contribution is -2.23. The van der Waals surface area contributed by atoms with Crippen LogP contribution < -0.4 is 5.32 Å². The Bertz CT molecular complexity index is 1340. The van der Waals surface area contributed by atoms with E-state index in [0.717, 1.165) is 37.0 Å². The highest BCUT2D eigenvalue weighted by molar-refractivity contribution is 9.09. The summed E-state index contributed by atoms with van der Waals surface area (Å²) < 4.78 is 57.2. The van der Waals surface area contributed by atoms with Crippen molar-refractivity contribution in [2.45, 2.75) is 142 Å². The van der Waals surface area contributed by atoms with Gasteiger partial charge in [0.25, 0.3) is 5.92 Å². The molecule has 5 nitrogen and oxygen atoms in total. The first-order valence-corrected chi connectivity index (χ1v) is 19.5. The summed E-state index contributed by atoms with van der Waals surface area (Å²) in [5.74, 6) is -2.85. The molecule has 3 rings (SSSR count). The molecule has 2 aromatic carbocycles. The highest BCUT2D eigenvalue weighted by Gasteiger charge is 2.30. The quantitative estimate of drug-likeness (QED) is 0.0566. The number of carbonyl (C=O) groups excluding carboxylic acids is 3. The van der Waals surface area contributed by atoms with Crippen LogP contribution in [0.5, 0.6) is 0 Å². The molecule has 0 aromatic heterocycles. The molecule has 0 unspecified atom stereocenters. The average Bonchev–Trinajstić information content (AvgIpc) is 3.13. The monoisotopic (exact) mass is 811 g/mol. The van der Waals surface area contributed by atoms with Crippen LogP contribution in [0.25, 0.3) is 0 Å². The van der Waals surface area contributed by atoms with Gasteiger partial charge in [0.1, 0.15) is 0 Å². The molecule has 0 atom stereocenters. The van der Waals surface area contributed by atoms with Crippen molar-refractivity contribution in [2.24, 2.45) is 0 Å². The molecule has 0 radical (unpaired) electrons. The molecule has 0 aliphatic carbocycles. The molecular weight excluding hydrogens is 750 g/mol. The number of nitrogens with one attached hydrogen (secondary N) is 1. The maximum atomic E-state index is 13.7. The zero-order chi connectivity index (χ0) is 40.5. The highest BCUT2D eigenvalue weighted by Crippen LogP contribution is 2.34. The molecular formula is C43H62BrF4NO4. The van der Waals surface area contributed by atoms with Gasteiger partial charge < -0.3 is 10.1 Å². The molecule has 53 heavy (non-hydrogen) atoms. The molecule has 1 aliphatic heterocycles. The van der Waals surface area contributed by atoms with Crippen molar-refractivity contribution in [2.75, 3.05) is 6.61 Å². The van der Waals surface area contributed by atoms with Gasteiger partial charge in [-0.25, -0.2) is 13.6 Å². The number of carbonyl (C=O) groups is 1. The van der Waals surface area contributed by atoms with Crippen molar-refractivity contribution in [3.05, 3.63) is 107 Å². The molecule has 0 fully saturated rings. The largest absolute Gasteiger partial charge is 0.463 e. The van der Waals surface area contributed by atoms with E-state index >= 15 is 0 Å². The maximum absolute atomic E-state index is 13.7. The van der Waals surface area contributed by atoms with E-state index in [9.17, 15) is 22.4 Å². The third-order valence-corrected chi connectivity index (χ3v) is 8.56. The number of allylic oxidation sites excluding steroid dienone is 4. The van der Waals surface area contributed by atoms with E-state index in [4.69, 9.17) is 14.3 Å². The van der Waals surface area contributed by atoms with Crippen LogP contribution in [0.2, 0.25) is 0 Å². The fourth-order valence-corrected chi connectivity index (χ4v) is 5.32. The summed E-state index contributed by atoms with van der Waals surface area (Å²) in [7, 11) is 0. The van der Waals surface area contributed by atoms with Crippen molar-refractivity contribution >= 4 is 28.1 Å². The second-order valence-corrected chi connectivity index (χ2v) is 13.4. The van der Waals surface area contributed by atoms with Gasteiger partial charge in [0.15, 0.2) is 0 Å². The molecule has 0 amide bonds. The predicted molar refractivity (Wildman–Crippen MR) is 212 cm³/mol. The highest BCUT2D eigenvalue weighted by atomic mass is 79.9. The van der Waals surface area contributed by atoms with Crippen LogP contribution in [0.15, 0.2) is 95.9 Å². The molecule has 1 aliphatic rings. The van der Waals surface area contributed by atoms with Gasteiger partial charge in [0.2, 0.25) is 0 Å². The number of hydrogen-bond acceptors (Lipinski definition) is 5. The Kier molecular flexibility index (Phi) is 31.1. The van der Waals surface area contributed by atoms with Gasteiger partial charge in [-0.05, 0) is 68.0 Å². The number of hydrogen-bond donors (Lipinski definition) is 1. The lowest BCUT2D eigenvalue weighted by atomic mass is 9.96. The number of rotatable bonds is 17. The Labute approximate surface area is 324 Å². The van der Waals surface area contributed by atoms with E-state index in [1.165, 1.54) is 86.9 Å². The van der Waals surface area contributed by atoms with Crippen LogP contribution in [-0.2, 0) is 29.9 Å². The molecule has 2 aromatic rings. The van der Waals surface area contributed by atoms with Crippen LogP contribution in [-0.4, -0.2) is 18.7 Å². The minimum absolute atomic E-state index is 0.0185. The first kappa shape index (κ1) is 51.6. The number of unbranched alkanes of at least 4 members (excludes halogenated alkanes) is 9. The molecule has 298 valence electrons. The second kappa shape index (κ2) is 32.0. The Hall–Kier alpha value is -3.49. The number of alkyl halides is 5. The van der Waals surface area contributed by atoms with Crippen molar-refractivity contribution < 1.29 is 36.7 Å². The van der Waals surface area contributed by atoms with E-state index in [-0.39, 0.29) is 29.7 Å². The van der Waals surface area contributed by atoms with E-state index in [0.29, 0.717) is 13.0 Å². The molecule has 0 bridgehead atoms. The lowest BCUT2D eigenvalue weighted by Gasteiger charge is -2.22. The second-order valence-electron chi connectivity index (χ2n) is 12.4. The van der Waals surface area contributed by atoms with E-state index in [1.807, 2.05) is 26.8 Å². The molecule has 0 saturated carbocycles. The normalized spacial score (nSPS) is 12.1. The summed E-state index contributed by atoms with van der Waals surface area (Å²) in [6.07, 6.45) is 16.7. The Morgan fingerprint density at radius 2 is 1.26 bits per heavy atom. The zero-order valence-corrected chi connectivity index (χ0v) is 34.3. The summed E-state index contributed by atoms with van der Waals surface area (Å²) in [4.78, 5) is 25.0. The number of esters is 1. The van der Waals surface area contributed by atoms with Gasteiger partial charge >= 0.3 is 17.0 Å². The zero-order valence-electron chi connectivity index (χ0n) is 32.7. The van der Waals surface area contributed by atoms with Crippen LogP contribution in [0.3, 0.4) is 0 Å². The van der Waals surface area contributed by atoms with Gasteiger partial charge in [0.05, 0.1) is 12.2 Å². The Balaban J connectivity index is 0. The number of halogens is 5. The average molecular weight is 813 g/mol. The summed E-state index contributed by atoms with van der Waals surface area (Å²) in [5.41, 5.74) is 4.26. The van der Waals surface area contributed by atoms with Gasteiger partial charge in [-0.1, -0.05) is 139 Å². The Morgan fingerprint density at radius 1 is 0.792 bits per heavy atom. The number of benzene rings is 2. The summed E-state index contributed by atoms with van der Waals surface area (Å²) >= 11 is 2.25. The van der Waals surface area contributed by atoms with Gasteiger partial charge in [-0.15, -0.1) is 6.58 Å².